The molecule has 4 N–H and O–H groups in total. The maximum absolute atomic E-state index is 9.08. The quantitative estimate of drug-likeness (QED) is 0.529. The maximum Gasteiger partial charge on any atom is 0.117 e. The standard InChI is InChI=1S/C8H8N2O/c9-8-3-5-1-2-6(11)4-7(5)10-8/h1-4,10-11H,9H2. The first-order valence-electron chi connectivity index (χ1n) is 3.33. The van der Waals surface area contributed by atoms with Gasteiger partial charge in [0.1, 0.15) is 11.6 Å². The van der Waals surface area contributed by atoms with Gasteiger partial charge in [-0.15, -0.1) is 0 Å². The molecule has 0 unspecified atom stereocenters. The van der Waals surface area contributed by atoms with E-state index in [1.54, 1.807) is 12.1 Å². The molecule has 0 aliphatic carbocycles. The summed E-state index contributed by atoms with van der Waals surface area (Å²) in [5, 5.41) is 10.1. The number of phenols is 1. The van der Waals surface area contributed by atoms with Crippen LogP contribution in [0.5, 0.6) is 5.75 Å². The van der Waals surface area contributed by atoms with Gasteiger partial charge in [-0.2, -0.15) is 0 Å². The Morgan fingerprint density at radius 3 is 2.91 bits per heavy atom. The summed E-state index contributed by atoms with van der Waals surface area (Å²) in [4.78, 5) is 2.92. The molecule has 11 heavy (non-hydrogen) atoms. The Hall–Kier alpha value is -1.64. The molecule has 0 saturated heterocycles. The second kappa shape index (κ2) is 1.92. The fraction of sp³-hybridized carbons (Fsp3) is 0. The van der Waals surface area contributed by atoms with Crippen molar-refractivity contribution < 1.29 is 5.11 Å². The van der Waals surface area contributed by atoms with Crippen LogP contribution in [0.25, 0.3) is 10.9 Å². The number of aromatic nitrogens is 1. The molecule has 0 atom stereocenters. The third-order valence-electron chi connectivity index (χ3n) is 1.63. The highest BCUT2D eigenvalue weighted by Gasteiger charge is 1.97. The van der Waals surface area contributed by atoms with E-state index in [2.05, 4.69) is 4.98 Å². The predicted molar refractivity (Wildman–Crippen MR) is 44.4 cm³/mol. The number of benzene rings is 1. The molecular formula is C8H8N2O. The van der Waals surface area contributed by atoms with Gasteiger partial charge in [-0.1, -0.05) is 0 Å². The van der Waals surface area contributed by atoms with Crippen molar-refractivity contribution in [2.75, 3.05) is 5.73 Å². The zero-order chi connectivity index (χ0) is 7.84. The lowest BCUT2D eigenvalue weighted by atomic mass is 10.2. The fourth-order valence-corrected chi connectivity index (χ4v) is 1.14. The number of aromatic amines is 1. The van der Waals surface area contributed by atoms with Gasteiger partial charge in [0.25, 0.3) is 0 Å². The molecule has 0 aliphatic rings. The predicted octanol–water partition coefficient (Wildman–Crippen LogP) is 1.46. The van der Waals surface area contributed by atoms with Crippen LogP contribution < -0.4 is 5.73 Å². The van der Waals surface area contributed by atoms with E-state index in [-0.39, 0.29) is 5.75 Å². The van der Waals surface area contributed by atoms with Crippen LogP contribution in [0.15, 0.2) is 24.3 Å². The Balaban J connectivity index is 2.82. The minimum Gasteiger partial charge on any atom is -0.508 e. The molecule has 0 radical (unpaired) electrons. The SMILES string of the molecule is Nc1cc2ccc(O)cc2[nH]1. The van der Waals surface area contributed by atoms with Crippen LogP contribution in [0, 0.1) is 0 Å². The summed E-state index contributed by atoms with van der Waals surface area (Å²) in [6.45, 7) is 0. The van der Waals surface area contributed by atoms with Crippen LogP contribution in [-0.2, 0) is 0 Å². The largest absolute Gasteiger partial charge is 0.508 e. The van der Waals surface area contributed by atoms with Gasteiger partial charge in [-0.05, 0) is 18.2 Å². The molecule has 3 heteroatoms. The van der Waals surface area contributed by atoms with Crippen molar-refractivity contribution in [1.82, 2.24) is 4.98 Å². The molecule has 0 aliphatic heterocycles. The first kappa shape index (κ1) is 6.09. The van der Waals surface area contributed by atoms with Crippen molar-refractivity contribution in [3.05, 3.63) is 24.3 Å². The zero-order valence-electron chi connectivity index (χ0n) is 5.83. The minimum absolute atomic E-state index is 0.249. The van der Waals surface area contributed by atoms with Gasteiger partial charge >= 0.3 is 0 Å². The van der Waals surface area contributed by atoms with Gasteiger partial charge in [-0.3, -0.25) is 0 Å². The first-order chi connectivity index (χ1) is 5.25. The molecular weight excluding hydrogens is 140 g/mol. The van der Waals surface area contributed by atoms with E-state index in [0.717, 1.165) is 10.9 Å². The van der Waals surface area contributed by atoms with E-state index in [9.17, 15) is 0 Å². The Morgan fingerprint density at radius 2 is 2.09 bits per heavy atom. The molecule has 0 spiro atoms. The summed E-state index contributed by atoms with van der Waals surface area (Å²) in [6, 6.07) is 6.92. The van der Waals surface area contributed by atoms with Gasteiger partial charge in [0.2, 0.25) is 0 Å². The summed E-state index contributed by atoms with van der Waals surface area (Å²) in [5.74, 6) is 0.866. The van der Waals surface area contributed by atoms with E-state index in [0.29, 0.717) is 5.82 Å². The number of nitrogens with one attached hydrogen (secondary N) is 1. The smallest absolute Gasteiger partial charge is 0.117 e. The van der Waals surface area contributed by atoms with Crippen molar-refractivity contribution >= 4 is 16.7 Å². The lowest BCUT2D eigenvalue weighted by Gasteiger charge is -1.89. The molecule has 0 saturated carbocycles. The third-order valence-corrected chi connectivity index (χ3v) is 1.63. The molecule has 2 aromatic rings. The average Bonchev–Trinajstić information content (AvgIpc) is 2.27. The summed E-state index contributed by atoms with van der Waals surface area (Å²) in [6.07, 6.45) is 0. The maximum atomic E-state index is 9.08. The number of rotatable bonds is 0. The number of aromatic hydroxyl groups is 1. The normalized spacial score (nSPS) is 10.5. The second-order valence-corrected chi connectivity index (χ2v) is 2.50. The molecule has 0 amide bonds. The number of fused-ring (bicyclic) bond motifs is 1. The second-order valence-electron chi connectivity index (χ2n) is 2.50. The number of H-pyrrole nitrogens is 1. The topological polar surface area (TPSA) is 62.0 Å². The van der Waals surface area contributed by atoms with Crippen LogP contribution >= 0.6 is 0 Å². The van der Waals surface area contributed by atoms with Gasteiger partial charge in [-0.25, -0.2) is 0 Å². The number of nitrogens with two attached hydrogens (primary N) is 1. The fourth-order valence-electron chi connectivity index (χ4n) is 1.14. The monoisotopic (exact) mass is 148 g/mol. The number of hydrogen-bond acceptors (Lipinski definition) is 2. The van der Waals surface area contributed by atoms with Gasteiger partial charge < -0.3 is 15.8 Å². The van der Waals surface area contributed by atoms with Crippen molar-refractivity contribution in [3.63, 3.8) is 0 Å². The lowest BCUT2D eigenvalue weighted by molar-refractivity contribution is 0.476. The van der Waals surface area contributed by atoms with E-state index >= 15 is 0 Å². The van der Waals surface area contributed by atoms with Crippen LogP contribution in [0.3, 0.4) is 0 Å². The highest BCUT2D eigenvalue weighted by molar-refractivity contribution is 5.84. The van der Waals surface area contributed by atoms with E-state index in [4.69, 9.17) is 10.8 Å². The number of anilines is 1. The van der Waals surface area contributed by atoms with E-state index < -0.39 is 0 Å². The first-order valence-corrected chi connectivity index (χ1v) is 3.33. The summed E-state index contributed by atoms with van der Waals surface area (Å²) >= 11 is 0. The van der Waals surface area contributed by atoms with E-state index in [1.807, 2.05) is 12.1 Å². The van der Waals surface area contributed by atoms with Crippen molar-refractivity contribution in [3.8, 4) is 5.75 Å². The Bertz CT molecular complexity index is 392. The zero-order valence-corrected chi connectivity index (χ0v) is 5.83. The third kappa shape index (κ3) is 0.902. The van der Waals surface area contributed by atoms with Crippen LogP contribution in [-0.4, -0.2) is 10.1 Å². The van der Waals surface area contributed by atoms with E-state index in [1.165, 1.54) is 0 Å². The summed E-state index contributed by atoms with van der Waals surface area (Å²) < 4.78 is 0. The highest BCUT2D eigenvalue weighted by atomic mass is 16.3. The van der Waals surface area contributed by atoms with Crippen molar-refractivity contribution in [2.45, 2.75) is 0 Å². The number of phenolic OH excluding ortho intramolecular Hbond substituents is 1. The summed E-state index contributed by atoms with van der Waals surface area (Å²) in [7, 11) is 0. The molecule has 3 nitrogen and oxygen atoms in total. The van der Waals surface area contributed by atoms with Gasteiger partial charge in [0.15, 0.2) is 0 Å². The van der Waals surface area contributed by atoms with Crippen LogP contribution in [0.2, 0.25) is 0 Å². The summed E-state index contributed by atoms with van der Waals surface area (Å²) in [5.41, 5.74) is 6.37. The molecule has 1 aromatic heterocycles. The van der Waals surface area contributed by atoms with Crippen molar-refractivity contribution in [1.29, 1.82) is 0 Å². The van der Waals surface area contributed by atoms with Crippen LogP contribution in [0.4, 0.5) is 5.82 Å². The molecule has 1 aromatic carbocycles. The molecule has 2 rings (SSSR count). The number of nitrogen functional groups attached to an aromatic ring is 1. The Labute approximate surface area is 63.5 Å². The number of hydrogen-bond donors (Lipinski definition) is 3. The minimum atomic E-state index is 0.249. The molecule has 56 valence electrons. The average molecular weight is 148 g/mol. The Kier molecular flexibility index (Phi) is 1.06. The molecule has 0 fully saturated rings. The van der Waals surface area contributed by atoms with Gasteiger partial charge in [0, 0.05) is 11.5 Å². The Morgan fingerprint density at radius 1 is 1.27 bits per heavy atom. The highest BCUT2D eigenvalue weighted by Crippen LogP contribution is 2.20. The van der Waals surface area contributed by atoms with Crippen molar-refractivity contribution in [2.24, 2.45) is 0 Å². The van der Waals surface area contributed by atoms with Gasteiger partial charge in [0.05, 0.1) is 5.52 Å². The van der Waals surface area contributed by atoms with Crippen LogP contribution in [0.1, 0.15) is 0 Å². The molecule has 0 bridgehead atoms. The lowest BCUT2D eigenvalue weighted by Crippen LogP contribution is -1.80. The molecule has 1 heterocycles.